The molecule has 2 atom stereocenters. The second-order valence-corrected chi connectivity index (χ2v) is 2.19. The summed E-state index contributed by atoms with van der Waals surface area (Å²) in [7, 11) is 0. The van der Waals surface area contributed by atoms with Gasteiger partial charge in [-0.2, -0.15) is 0 Å². The van der Waals surface area contributed by atoms with Gasteiger partial charge < -0.3 is 15.3 Å². The van der Waals surface area contributed by atoms with E-state index < -0.39 is 12.2 Å². The van der Waals surface area contributed by atoms with Gasteiger partial charge in [-0.3, -0.25) is 0 Å². The average Bonchev–Trinajstić information content (AvgIpc) is 2.15. The summed E-state index contributed by atoms with van der Waals surface area (Å²) < 4.78 is 0. The lowest BCUT2D eigenvalue weighted by Gasteiger charge is -2.09. The molecule has 3 N–H and O–H groups in total. The Morgan fingerprint density at radius 1 is 1.56 bits per heavy atom. The van der Waals surface area contributed by atoms with Crippen molar-refractivity contribution in [2.45, 2.75) is 18.6 Å². The molecule has 0 amide bonds. The van der Waals surface area contributed by atoms with Crippen LogP contribution in [-0.2, 0) is 0 Å². The molecule has 1 aliphatic carbocycles. The summed E-state index contributed by atoms with van der Waals surface area (Å²) >= 11 is 0. The average molecular weight is 130 g/mol. The summed E-state index contributed by atoms with van der Waals surface area (Å²) in [5.41, 5.74) is 0.530. The van der Waals surface area contributed by atoms with E-state index in [0.29, 0.717) is 12.0 Å². The Morgan fingerprint density at radius 2 is 2.22 bits per heavy atom. The second-order valence-electron chi connectivity index (χ2n) is 2.19. The summed E-state index contributed by atoms with van der Waals surface area (Å²) in [6, 6.07) is 0. The standard InChI is InChI=1S/C6H10O3/c7-3-4-1-2-5(8)6(4)9/h1,5-9H,2-3H2. The van der Waals surface area contributed by atoms with Crippen molar-refractivity contribution in [3.63, 3.8) is 0 Å². The molecule has 1 aliphatic rings. The second kappa shape index (κ2) is 2.47. The Morgan fingerprint density at radius 3 is 2.44 bits per heavy atom. The Bertz CT molecular complexity index is 130. The van der Waals surface area contributed by atoms with Gasteiger partial charge in [0.1, 0.15) is 6.10 Å². The highest BCUT2D eigenvalue weighted by molar-refractivity contribution is 5.17. The molecule has 0 aromatic heterocycles. The highest BCUT2D eigenvalue weighted by Crippen LogP contribution is 2.18. The smallest absolute Gasteiger partial charge is 0.103 e. The van der Waals surface area contributed by atoms with Gasteiger partial charge >= 0.3 is 0 Å². The van der Waals surface area contributed by atoms with Crippen molar-refractivity contribution < 1.29 is 15.3 Å². The lowest BCUT2D eigenvalue weighted by molar-refractivity contribution is 0.0500. The summed E-state index contributed by atoms with van der Waals surface area (Å²) in [6.45, 7) is -0.155. The number of hydrogen-bond acceptors (Lipinski definition) is 3. The van der Waals surface area contributed by atoms with E-state index in [4.69, 9.17) is 15.3 Å². The van der Waals surface area contributed by atoms with Crippen molar-refractivity contribution >= 4 is 0 Å². The van der Waals surface area contributed by atoms with Crippen LogP contribution in [0.25, 0.3) is 0 Å². The van der Waals surface area contributed by atoms with Crippen LogP contribution in [0.4, 0.5) is 0 Å². The van der Waals surface area contributed by atoms with E-state index >= 15 is 0 Å². The monoisotopic (exact) mass is 130 g/mol. The van der Waals surface area contributed by atoms with Crippen molar-refractivity contribution in [1.82, 2.24) is 0 Å². The van der Waals surface area contributed by atoms with Crippen molar-refractivity contribution in [2.24, 2.45) is 0 Å². The van der Waals surface area contributed by atoms with Crippen LogP contribution >= 0.6 is 0 Å². The zero-order valence-electron chi connectivity index (χ0n) is 4.99. The Balaban J connectivity index is 2.55. The van der Waals surface area contributed by atoms with Crippen molar-refractivity contribution in [2.75, 3.05) is 6.61 Å². The largest absolute Gasteiger partial charge is 0.392 e. The molecule has 0 aromatic carbocycles. The molecule has 52 valence electrons. The molecule has 0 aliphatic heterocycles. The quantitative estimate of drug-likeness (QED) is 0.400. The molecule has 0 fully saturated rings. The minimum atomic E-state index is -0.838. The molecule has 0 heterocycles. The molecular weight excluding hydrogens is 120 g/mol. The highest BCUT2D eigenvalue weighted by atomic mass is 16.3. The summed E-state index contributed by atoms with van der Waals surface area (Å²) in [5, 5.41) is 26.4. The molecule has 0 aromatic rings. The lowest BCUT2D eigenvalue weighted by atomic mass is 10.2. The van der Waals surface area contributed by atoms with Crippen LogP contribution in [0.1, 0.15) is 6.42 Å². The third-order valence-corrected chi connectivity index (χ3v) is 1.55. The van der Waals surface area contributed by atoms with Gasteiger partial charge in [0.2, 0.25) is 0 Å². The Hall–Kier alpha value is -0.380. The fraction of sp³-hybridized carbons (Fsp3) is 0.667. The van der Waals surface area contributed by atoms with Crippen molar-refractivity contribution in [1.29, 1.82) is 0 Å². The van der Waals surface area contributed by atoms with Crippen LogP contribution in [0, 0.1) is 0 Å². The van der Waals surface area contributed by atoms with Gasteiger partial charge in [0.15, 0.2) is 0 Å². The Kier molecular flexibility index (Phi) is 1.85. The lowest BCUT2D eigenvalue weighted by Crippen LogP contribution is -2.23. The first kappa shape index (κ1) is 6.74. The van der Waals surface area contributed by atoms with E-state index in [1.807, 2.05) is 0 Å². The zero-order chi connectivity index (χ0) is 6.85. The highest BCUT2D eigenvalue weighted by Gasteiger charge is 2.24. The van der Waals surface area contributed by atoms with Gasteiger partial charge in [-0.05, 0) is 12.0 Å². The SMILES string of the molecule is OCC1=CCC(O)C1O. The number of hydrogen-bond donors (Lipinski definition) is 3. The van der Waals surface area contributed by atoms with E-state index in [-0.39, 0.29) is 6.61 Å². The first-order valence-corrected chi connectivity index (χ1v) is 2.91. The van der Waals surface area contributed by atoms with E-state index in [9.17, 15) is 0 Å². The molecule has 0 saturated heterocycles. The minimum absolute atomic E-state index is 0.155. The molecule has 9 heavy (non-hydrogen) atoms. The molecule has 3 nitrogen and oxygen atoms in total. The van der Waals surface area contributed by atoms with Crippen molar-refractivity contribution in [3.8, 4) is 0 Å². The molecule has 0 spiro atoms. The maximum absolute atomic E-state index is 8.98. The van der Waals surface area contributed by atoms with Gasteiger partial charge in [-0.25, -0.2) is 0 Å². The topological polar surface area (TPSA) is 60.7 Å². The Labute approximate surface area is 53.3 Å². The first-order chi connectivity index (χ1) is 4.25. The zero-order valence-corrected chi connectivity index (χ0v) is 4.99. The van der Waals surface area contributed by atoms with Gasteiger partial charge in [0, 0.05) is 0 Å². The van der Waals surface area contributed by atoms with Crippen LogP contribution < -0.4 is 0 Å². The van der Waals surface area contributed by atoms with Gasteiger partial charge in [0.25, 0.3) is 0 Å². The molecular formula is C6H10O3. The fourth-order valence-electron chi connectivity index (χ4n) is 0.927. The number of aliphatic hydroxyl groups excluding tert-OH is 3. The van der Waals surface area contributed by atoms with Crippen LogP contribution in [0.3, 0.4) is 0 Å². The van der Waals surface area contributed by atoms with E-state index in [1.165, 1.54) is 0 Å². The van der Waals surface area contributed by atoms with Crippen molar-refractivity contribution in [3.05, 3.63) is 11.6 Å². The number of aliphatic hydroxyl groups is 3. The summed E-state index contributed by atoms with van der Waals surface area (Å²) in [4.78, 5) is 0. The van der Waals surface area contributed by atoms with Crippen LogP contribution in [0.2, 0.25) is 0 Å². The van der Waals surface area contributed by atoms with Gasteiger partial charge in [0.05, 0.1) is 12.7 Å². The molecule has 3 heteroatoms. The maximum atomic E-state index is 8.98. The van der Waals surface area contributed by atoms with E-state index in [2.05, 4.69) is 0 Å². The molecule has 0 radical (unpaired) electrons. The maximum Gasteiger partial charge on any atom is 0.103 e. The summed E-state index contributed by atoms with van der Waals surface area (Å²) in [6.07, 6.45) is 0.578. The molecule has 2 unspecified atom stereocenters. The third kappa shape index (κ3) is 1.13. The normalized spacial score (nSPS) is 34.8. The predicted molar refractivity (Wildman–Crippen MR) is 31.8 cm³/mol. The number of rotatable bonds is 1. The first-order valence-electron chi connectivity index (χ1n) is 2.91. The van der Waals surface area contributed by atoms with Crippen LogP contribution in [-0.4, -0.2) is 34.1 Å². The van der Waals surface area contributed by atoms with E-state index in [1.54, 1.807) is 6.08 Å². The minimum Gasteiger partial charge on any atom is -0.392 e. The van der Waals surface area contributed by atoms with Crippen LogP contribution in [0.5, 0.6) is 0 Å². The predicted octanol–water partition coefficient (Wildman–Crippen LogP) is -0.969. The molecule has 0 bridgehead atoms. The summed E-state index contributed by atoms with van der Waals surface area (Å²) in [5.74, 6) is 0. The molecule has 0 saturated carbocycles. The molecule has 1 rings (SSSR count). The van der Waals surface area contributed by atoms with Gasteiger partial charge in [-0.1, -0.05) is 6.08 Å². The third-order valence-electron chi connectivity index (χ3n) is 1.55. The van der Waals surface area contributed by atoms with Gasteiger partial charge in [-0.15, -0.1) is 0 Å². The van der Waals surface area contributed by atoms with Crippen LogP contribution in [0.15, 0.2) is 11.6 Å². The van der Waals surface area contributed by atoms with E-state index in [0.717, 1.165) is 0 Å². The fourth-order valence-corrected chi connectivity index (χ4v) is 0.927.